The molecule has 0 spiro atoms. The molecule has 4 heteroatoms. The number of hydrogen-bond donors (Lipinski definition) is 3. The van der Waals surface area contributed by atoms with Crippen molar-refractivity contribution in [2.45, 2.75) is 219 Å². The summed E-state index contributed by atoms with van der Waals surface area (Å²) in [6.07, 6.45) is 69.5. The van der Waals surface area contributed by atoms with E-state index in [0.29, 0.717) is 6.42 Å². The van der Waals surface area contributed by atoms with Gasteiger partial charge in [0.25, 0.3) is 0 Å². The van der Waals surface area contributed by atoms with E-state index in [9.17, 15) is 15.0 Å². The van der Waals surface area contributed by atoms with Crippen molar-refractivity contribution < 1.29 is 15.0 Å². The fraction of sp³-hybridized carbons (Fsp3) is 0.673. The summed E-state index contributed by atoms with van der Waals surface area (Å²) >= 11 is 0. The van der Waals surface area contributed by atoms with Crippen LogP contribution in [-0.4, -0.2) is 34.9 Å². The van der Waals surface area contributed by atoms with Crippen LogP contribution in [0.1, 0.15) is 206 Å². The van der Waals surface area contributed by atoms with Crippen LogP contribution in [0.4, 0.5) is 0 Å². The molecule has 1 amide bonds. The second-order valence-corrected chi connectivity index (χ2v) is 15.4. The summed E-state index contributed by atoms with van der Waals surface area (Å²) in [7, 11) is 0. The number of hydrogen-bond acceptors (Lipinski definition) is 3. The van der Waals surface area contributed by atoms with Crippen molar-refractivity contribution in [2.24, 2.45) is 0 Å². The second kappa shape index (κ2) is 46.7. The van der Waals surface area contributed by atoms with Gasteiger partial charge in [-0.25, -0.2) is 0 Å². The highest BCUT2D eigenvalue weighted by Crippen LogP contribution is 2.14. The van der Waals surface area contributed by atoms with E-state index in [2.05, 4.69) is 104 Å². The Bertz CT molecular complexity index is 1060. The van der Waals surface area contributed by atoms with Gasteiger partial charge in [-0.15, -0.1) is 0 Å². The number of rotatable bonds is 41. The number of aliphatic hydroxyl groups is 2. The van der Waals surface area contributed by atoms with Crippen LogP contribution in [0.3, 0.4) is 0 Å². The zero-order valence-electron chi connectivity index (χ0n) is 36.6. The summed E-state index contributed by atoms with van der Waals surface area (Å²) in [6.45, 7) is 4.17. The van der Waals surface area contributed by atoms with Gasteiger partial charge in [-0.1, -0.05) is 214 Å². The molecule has 0 aromatic heterocycles. The Morgan fingerprint density at radius 1 is 0.446 bits per heavy atom. The van der Waals surface area contributed by atoms with Crippen LogP contribution in [0.15, 0.2) is 97.2 Å². The number of amides is 1. The molecule has 0 aromatic carbocycles. The van der Waals surface area contributed by atoms with Gasteiger partial charge in [0.15, 0.2) is 0 Å². The van der Waals surface area contributed by atoms with Crippen molar-refractivity contribution in [1.29, 1.82) is 0 Å². The van der Waals surface area contributed by atoms with E-state index in [-0.39, 0.29) is 12.5 Å². The minimum Gasteiger partial charge on any atom is -0.394 e. The zero-order chi connectivity index (χ0) is 40.7. The van der Waals surface area contributed by atoms with Crippen LogP contribution in [0, 0.1) is 0 Å². The van der Waals surface area contributed by atoms with Crippen molar-refractivity contribution in [1.82, 2.24) is 5.32 Å². The van der Waals surface area contributed by atoms with Crippen LogP contribution in [-0.2, 0) is 4.79 Å². The Hall–Kier alpha value is -2.69. The molecule has 4 nitrogen and oxygen atoms in total. The fourth-order valence-electron chi connectivity index (χ4n) is 6.49. The summed E-state index contributed by atoms with van der Waals surface area (Å²) in [5, 5.41) is 23.0. The fourth-order valence-corrected chi connectivity index (χ4v) is 6.49. The van der Waals surface area contributed by atoms with Crippen LogP contribution >= 0.6 is 0 Å². The van der Waals surface area contributed by atoms with Gasteiger partial charge in [-0.3, -0.25) is 4.79 Å². The van der Waals surface area contributed by atoms with E-state index in [1.807, 2.05) is 6.08 Å². The average molecular weight is 776 g/mol. The lowest BCUT2D eigenvalue weighted by molar-refractivity contribution is -0.123. The predicted octanol–water partition coefficient (Wildman–Crippen LogP) is 15.0. The monoisotopic (exact) mass is 776 g/mol. The molecular weight excluding hydrogens is 687 g/mol. The second-order valence-electron chi connectivity index (χ2n) is 15.4. The van der Waals surface area contributed by atoms with E-state index in [4.69, 9.17) is 0 Å². The van der Waals surface area contributed by atoms with Crippen molar-refractivity contribution in [3.8, 4) is 0 Å². The lowest BCUT2D eigenvalue weighted by atomic mass is 10.0. The molecule has 0 bridgehead atoms. The van der Waals surface area contributed by atoms with E-state index in [1.165, 1.54) is 96.3 Å². The average Bonchev–Trinajstić information content (AvgIpc) is 3.20. The number of aliphatic hydroxyl groups excluding tert-OH is 2. The van der Waals surface area contributed by atoms with E-state index >= 15 is 0 Å². The standard InChI is InChI=1S/C52H89NO3/c1-3-5-7-9-11-13-15-17-19-21-23-25-26-28-30-32-34-36-38-40-42-44-46-48-52(56)53-50(49-54)51(55)47-45-43-41-39-37-35-33-31-29-27-24-22-20-18-16-14-12-10-8-6-4-2/h5,7,11,13,17,19,23,25,28,30,34,36-37,39,45,47,50-51,54-55H,3-4,6,8-10,12,14-16,18,20-22,24,26-27,29,31-33,35,38,40-44,46,48-49H2,1-2H3,(H,53,56)/b7-5-,13-11-,19-17-,25-23-,30-28-,36-34-,39-37+,47-45+. The summed E-state index contributed by atoms with van der Waals surface area (Å²) < 4.78 is 0. The smallest absolute Gasteiger partial charge is 0.220 e. The topological polar surface area (TPSA) is 69.6 Å². The Balaban J connectivity index is 3.71. The molecule has 320 valence electrons. The Morgan fingerprint density at radius 3 is 1.25 bits per heavy atom. The zero-order valence-corrected chi connectivity index (χ0v) is 36.6. The number of carbonyl (C=O) groups excluding carboxylic acids is 1. The third-order valence-corrected chi connectivity index (χ3v) is 10.1. The highest BCUT2D eigenvalue weighted by molar-refractivity contribution is 5.76. The van der Waals surface area contributed by atoms with Gasteiger partial charge in [0, 0.05) is 6.42 Å². The van der Waals surface area contributed by atoms with Crippen molar-refractivity contribution in [3.05, 3.63) is 97.2 Å². The molecule has 3 N–H and O–H groups in total. The molecule has 0 saturated carbocycles. The molecule has 2 unspecified atom stereocenters. The Labute approximate surface area is 347 Å². The molecule has 0 radical (unpaired) electrons. The molecular formula is C52H89NO3. The molecule has 56 heavy (non-hydrogen) atoms. The largest absolute Gasteiger partial charge is 0.394 e. The van der Waals surface area contributed by atoms with Gasteiger partial charge in [-0.2, -0.15) is 0 Å². The van der Waals surface area contributed by atoms with Crippen molar-refractivity contribution in [2.75, 3.05) is 6.61 Å². The molecule has 0 aliphatic rings. The van der Waals surface area contributed by atoms with E-state index in [1.54, 1.807) is 6.08 Å². The molecule has 2 atom stereocenters. The molecule has 0 fully saturated rings. The predicted molar refractivity (Wildman–Crippen MR) is 248 cm³/mol. The van der Waals surface area contributed by atoms with Gasteiger partial charge in [-0.05, 0) is 83.5 Å². The summed E-state index contributed by atoms with van der Waals surface area (Å²) in [5.41, 5.74) is 0. The first-order valence-corrected chi connectivity index (χ1v) is 23.5. The highest BCUT2D eigenvalue weighted by atomic mass is 16.3. The molecule has 0 aliphatic carbocycles. The number of unbranched alkanes of at least 4 members (excludes halogenated alkanes) is 20. The summed E-state index contributed by atoms with van der Waals surface area (Å²) in [4.78, 5) is 12.4. The van der Waals surface area contributed by atoms with Gasteiger partial charge in [0.2, 0.25) is 5.91 Å². The first-order valence-electron chi connectivity index (χ1n) is 23.5. The number of nitrogens with one attached hydrogen (secondary N) is 1. The molecule has 0 aromatic rings. The SMILES string of the molecule is CC/C=C\C/C=C\C/C=C\C/C=C\C/C=C\C/C=C\CCCCCCC(=O)NC(CO)C(O)/C=C/CC/C=C/CCCCCCCCCCCCCCCCC. The Morgan fingerprint density at radius 2 is 0.804 bits per heavy atom. The van der Waals surface area contributed by atoms with Crippen LogP contribution in [0.5, 0.6) is 0 Å². The first-order chi connectivity index (χ1) is 27.7. The number of carbonyl (C=O) groups is 1. The highest BCUT2D eigenvalue weighted by Gasteiger charge is 2.17. The quantitative estimate of drug-likeness (QED) is 0.0428. The van der Waals surface area contributed by atoms with Crippen LogP contribution in [0.25, 0.3) is 0 Å². The van der Waals surface area contributed by atoms with E-state index in [0.717, 1.165) is 89.9 Å². The van der Waals surface area contributed by atoms with Crippen LogP contribution in [0.2, 0.25) is 0 Å². The van der Waals surface area contributed by atoms with Crippen molar-refractivity contribution >= 4 is 5.91 Å². The van der Waals surface area contributed by atoms with Gasteiger partial charge in [0.1, 0.15) is 0 Å². The first kappa shape index (κ1) is 53.3. The van der Waals surface area contributed by atoms with Gasteiger partial charge < -0.3 is 15.5 Å². The maximum Gasteiger partial charge on any atom is 0.220 e. The number of allylic oxidation sites excluding steroid dienone is 15. The summed E-state index contributed by atoms with van der Waals surface area (Å²) in [5.74, 6) is -0.102. The maximum atomic E-state index is 12.4. The third kappa shape index (κ3) is 42.5. The van der Waals surface area contributed by atoms with Gasteiger partial charge in [0.05, 0.1) is 18.8 Å². The molecule has 0 saturated heterocycles. The van der Waals surface area contributed by atoms with Gasteiger partial charge >= 0.3 is 0 Å². The lowest BCUT2D eigenvalue weighted by Crippen LogP contribution is -2.45. The lowest BCUT2D eigenvalue weighted by Gasteiger charge is -2.19. The molecule has 0 aliphatic heterocycles. The minimum atomic E-state index is -0.880. The van der Waals surface area contributed by atoms with Crippen LogP contribution < -0.4 is 5.32 Å². The van der Waals surface area contributed by atoms with E-state index < -0.39 is 12.1 Å². The summed E-state index contributed by atoms with van der Waals surface area (Å²) in [6, 6.07) is -0.660. The minimum absolute atomic E-state index is 0.102. The molecule has 0 heterocycles. The Kier molecular flexibility index (Phi) is 44.4. The maximum absolute atomic E-state index is 12.4. The normalized spacial score (nSPS) is 13.9. The third-order valence-electron chi connectivity index (χ3n) is 10.1. The van der Waals surface area contributed by atoms with Crippen molar-refractivity contribution in [3.63, 3.8) is 0 Å². The molecule has 0 rings (SSSR count).